The molecular weight excluding hydrogens is 765 g/mol. The molecule has 3 nitrogen and oxygen atoms in total. The number of ether oxygens (including phenoxy) is 1. The van der Waals surface area contributed by atoms with Crippen LogP contribution in [0.1, 0.15) is 42.7 Å². The fourth-order valence-corrected chi connectivity index (χ4v) is 10.5. The zero-order valence-corrected chi connectivity index (χ0v) is 35.1. The number of benzene rings is 8. The van der Waals surface area contributed by atoms with Crippen molar-refractivity contribution in [1.29, 1.82) is 0 Å². The molecule has 0 N–H and O–H groups in total. The average molecular weight is 811 g/mol. The number of fused-ring (bicyclic) bond motifs is 4. The molecule has 0 spiro atoms. The monoisotopic (exact) mass is 810 g/mol. The van der Waals surface area contributed by atoms with Crippen LogP contribution in [-0.4, -0.2) is 0 Å². The molecule has 0 fully saturated rings. The molecule has 1 aliphatic heterocycles. The zero-order valence-electron chi connectivity index (χ0n) is 35.1. The summed E-state index contributed by atoms with van der Waals surface area (Å²) in [6.07, 6.45) is 15.6. The summed E-state index contributed by atoms with van der Waals surface area (Å²) in [5, 5.41) is 5.08. The van der Waals surface area contributed by atoms with Crippen LogP contribution in [0.15, 0.2) is 241 Å². The van der Waals surface area contributed by atoms with E-state index in [4.69, 9.17) is 4.74 Å². The Labute approximate surface area is 369 Å². The van der Waals surface area contributed by atoms with Gasteiger partial charge in [0.2, 0.25) is 0 Å². The van der Waals surface area contributed by atoms with Gasteiger partial charge in [0.25, 0.3) is 0 Å². The van der Waals surface area contributed by atoms with Crippen molar-refractivity contribution >= 4 is 49.9 Å². The fourth-order valence-electron chi connectivity index (χ4n) is 10.5. The van der Waals surface area contributed by atoms with Crippen LogP contribution in [0.25, 0.3) is 38.2 Å². The van der Waals surface area contributed by atoms with Crippen LogP contribution >= 0.6 is 0 Å². The predicted octanol–water partition coefficient (Wildman–Crippen LogP) is 16.0. The maximum absolute atomic E-state index is 7.56. The Bertz CT molecular complexity index is 3160. The van der Waals surface area contributed by atoms with E-state index >= 15 is 0 Å². The van der Waals surface area contributed by atoms with Crippen molar-refractivity contribution in [3.05, 3.63) is 252 Å². The van der Waals surface area contributed by atoms with Gasteiger partial charge >= 0.3 is 0 Å². The summed E-state index contributed by atoms with van der Waals surface area (Å²) in [7, 11) is 0. The number of para-hydroxylation sites is 3. The highest BCUT2D eigenvalue weighted by Gasteiger charge is 2.41. The minimum atomic E-state index is 0.213. The third-order valence-electron chi connectivity index (χ3n) is 13.5. The molecule has 3 aliphatic carbocycles. The van der Waals surface area contributed by atoms with E-state index in [0.717, 1.165) is 65.6 Å². The second-order valence-electron chi connectivity index (χ2n) is 17.0. The summed E-state index contributed by atoms with van der Waals surface area (Å²) in [4.78, 5) is 4.86. The first-order valence-electron chi connectivity index (χ1n) is 22.4. The Hall–Kier alpha value is -7.62. The van der Waals surface area contributed by atoms with Crippen LogP contribution in [0.3, 0.4) is 0 Å². The first kappa shape index (κ1) is 37.2. The molecule has 63 heavy (non-hydrogen) atoms. The smallest absolute Gasteiger partial charge is 0.155 e. The van der Waals surface area contributed by atoms with Crippen LogP contribution in [0, 0.1) is 5.92 Å². The number of allylic oxidation sites excluding steroid dienone is 8. The molecule has 4 aliphatic rings. The molecule has 0 aromatic heterocycles. The number of anilines is 4. The van der Waals surface area contributed by atoms with Gasteiger partial charge in [-0.3, -0.25) is 0 Å². The molecule has 1 heterocycles. The van der Waals surface area contributed by atoms with Crippen LogP contribution in [-0.2, 0) is 0 Å². The molecule has 8 aromatic rings. The second-order valence-corrected chi connectivity index (χ2v) is 17.0. The Morgan fingerprint density at radius 2 is 1.11 bits per heavy atom. The maximum atomic E-state index is 7.56. The number of hydrogen-bond acceptors (Lipinski definition) is 3. The van der Waals surface area contributed by atoms with E-state index in [0.29, 0.717) is 5.92 Å². The maximum Gasteiger partial charge on any atom is 0.155 e. The second kappa shape index (κ2) is 15.7. The van der Waals surface area contributed by atoms with Gasteiger partial charge in [-0.2, -0.15) is 0 Å². The molecule has 12 rings (SSSR count). The third-order valence-corrected chi connectivity index (χ3v) is 13.5. The highest BCUT2D eigenvalue weighted by Crippen LogP contribution is 2.56. The first-order valence-corrected chi connectivity index (χ1v) is 22.4. The SMILES string of the molecule is C1=CC2CC=C(N(c3ccccc3)c3ccccc3)C3=C2C(C1)c1cccc(N(C2=CC=C(c4cccc5ccccc45)CC2)c2ccc(-c4cccc5ccccc45)cc2)c1O3. The zero-order chi connectivity index (χ0) is 41.7. The van der Waals surface area contributed by atoms with Crippen LogP contribution in [0.2, 0.25) is 0 Å². The lowest BCUT2D eigenvalue weighted by molar-refractivity contribution is 0.375. The third kappa shape index (κ3) is 6.51. The Morgan fingerprint density at radius 1 is 0.492 bits per heavy atom. The van der Waals surface area contributed by atoms with Gasteiger partial charge in [0, 0.05) is 40.2 Å². The normalized spacial score (nSPS) is 17.6. The van der Waals surface area contributed by atoms with Gasteiger partial charge in [-0.15, -0.1) is 0 Å². The van der Waals surface area contributed by atoms with Crippen molar-refractivity contribution in [3.63, 3.8) is 0 Å². The molecule has 302 valence electrons. The predicted molar refractivity (Wildman–Crippen MR) is 263 cm³/mol. The van der Waals surface area contributed by atoms with Crippen molar-refractivity contribution < 1.29 is 4.74 Å². The molecule has 0 saturated heterocycles. The van der Waals surface area contributed by atoms with E-state index in [2.05, 4.69) is 228 Å². The van der Waals surface area contributed by atoms with E-state index in [1.807, 2.05) is 0 Å². The lowest BCUT2D eigenvalue weighted by atomic mass is 9.71. The van der Waals surface area contributed by atoms with E-state index < -0.39 is 0 Å². The lowest BCUT2D eigenvalue weighted by Crippen LogP contribution is -2.32. The molecular formula is C60H46N2O. The number of nitrogens with zero attached hydrogens (tertiary/aromatic N) is 2. The minimum absolute atomic E-state index is 0.213. The van der Waals surface area contributed by atoms with Gasteiger partial charge in [0.05, 0.1) is 11.4 Å². The largest absolute Gasteiger partial charge is 0.453 e. The molecule has 0 radical (unpaired) electrons. The summed E-state index contributed by atoms with van der Waals surface area (Å²) in [6, 6.07) is 68.1. The first-order chi connectivity index (χ1) is 31.3. The summed E-state index contributed by atoms with van der Waals surface area (Å²) in [5.41, 5.74) is 14.5. The summed E-state index contributed by atoms with van der Waals surface area (Å²) in [6.45, 7) is 0. The topological polar surface area (TPSA) is 15.7 Å². The van der Waals surface area contributed by atoms with Gasteiger partial charge < -0.3 is 14.5 Å². The summed E-state index contributed by atoms with van der Waals surface area (Å²) < 4.78 is 7.56. The highest BCUT2D eigenvalue weighted by molar-refractivity contribution is 5.97. The molecule has 0 amide bonds. The minimum Gasteiger partial charge on any atom is -0.453 e. The molecule has 2 atom stereocenters. The molecule has 8 aromatic carbocycles. The Kier molecular flexibility index (Phi) is 9.26. The van der Waals surface area contributed by atoms with Gasteiger partial charge in [-0.05, 0) is 124 Å². The molecule has 0 bridgehead atoms. The van der Waals surface area contributed by atoms with Crippen molar-refractivity contribution in [1.82, 2.24) is 0 Å². The number of rotatable bonds is 8. The Morgan fingerprint density at radius 3 is 1.81 bits per heavy atom. The van der Waals surface area contributed by atoms with Gasteiger partial charge in [0.1, 0.15) is 0 Å². The fraction of sp³-hybridized carbons (Fsp3) is 0.100. The quantitative estimate of drug-likeness (QED) is 0.142. The lowest BCUT2D eigenvalue weighted by Gasteiger charge is -2.42. The molecule has 2 unspecified atom stereocenters. The van der Waals surface area contributed by atoms with E-state index in [9.17, 15) is 0 Å². The van der Waals surface area contributed by atoms with Crippen LogP contribution in [0.5, 0.6) is 5.75 Å². The van der Waals surface area contributed by atoms with Gasteiger partial charge in [0.15, 0.2) is 11.5 Å². The van der Waals surface area contributed by atoms with E-state index in [1.54, 1.807) is 0 Å². The van der Waals surface area contributed by atoms with Crippen molar-refractivity contribution in [2.75, 3.05) is 9.80 Å². The highest BCUT2D eigenvalue weighted by atomic mass is 16.5. The summed E-state index contributed by atoms with van der Waals surface area (Å²) >= 11 is 0. The molecule has 3 heteroatoms. The Balaban J connectivity index is 1.01. The van der Waals surface area contributed by atoms with E-state index in [1.165, 1.54) is 60.6 Å². The van der Waals surface area contributed by atoms with Gasteiger partial charge in [-0.1, -0.05) is 170 Å². The average Bonchev–Trinajstić information content (AvgIpc) is 3.36. The summed E-state index contributed by atoms with van der Waals surface area (Å²) in [5.74, 6) is 2.43. The van der Waals surface area contributed by atoms with E-state index in [-0.39, 0.29) is 5.92 Å². The van der Waals surface area contributed by atoms with Crippen LogP contribution in [0.4, 0.5) is 22.7 Å². The van der Waals surface area contributed by atoms with Gasteiger partial charge in [-0.25, -0.2) is 0 Å². The molecule has 0 saturated carbocycles. The standard InChI is InChI=1S/C60H46N2O/c1-3-20-46(21-4-1)61(47-22-5-2-6-23-47)57-40-35-45-19-13-28-54-55-29-14-30-56(59(55)63-60(57)58(45)54)62(48-36-31-43(32-37-48)52-26-11-17-41-15-7-9-24-50(41)52)49-38-33-44(34-39-49)53-27-12-18-42-16-8-10-25-51(42)53/h1-27,29-33,36-38,40,45,54H,28,34-35,39H2. The van der Waals surface area contributed by atoms with Crippen molar-refractivity contribution in [2.45, 2.75) is 31.6 Å². The number of hydrogen-bond donors (Lipinski definition) is 0. The van der Waals surface area contributed by atoms with Crippen molar-refractivity contribution in [3.8, 4) is 16.9 Å². The van der Waals surface area contributed by atoms with Crippen molar-refractivity contribution in [2.24, 2.45) is 5.92 Å². The van der Waals surface area contributed by atoms with Crippen LogP contribution < -0.4 is 14.5 Å².